The molecule has 1 amide bonds. The molecule has 94 valence electrons. The first-order chi connectivity index (χ1) is 7.18. The Morgan fingerprint density at radius 1 is 1.50 bits per heavy atom. The van der Waals surface area contributed by atoms with Crippen molar-refractivity contribution in [3.63, 3.8) is 0 Å². The standard InChI is InChI=1S/C13H26N2O/c1-12(2)7-5-10(9-12)15-11(16)6-8-13(3,4)14/h10H,5-9,14H2,1-4H3,(H,15,16). The van der Waals surface area contributed by atoms with Gasteiger partial charge in [-0.2, -0.15) is 0 Å². The van der Waals surface area contributed by atoms with Gasteiger partial charge in [-0.3, -0.25) is 4.79 Å². The SMILES string of the molecule is CC(C)(N)CCC(=O)NC1CCC(C)(C)C1. The summed E-state index contributed by atoms with van der Waals surface area (Å²) in [5.41, 5.74) is 6.01. The van der Waals surface area contributed by atoms with E-state index in [-0.39, 0.29) is 11.4 Å². The van der Waals surface area contributed by atoms with Crippen LogP contribution in [0, 0.1) is 5.41 Å². The molecule has 0 aromatic heterocycles. The molecule has 0 aliphatic heterocycles. The predicted octanol–water partition coefficient (Wildman–Crippen LogP) is 2.20. The van der Waals surface area contributed by atoms with Gasteiger partial charge in [0.1, 0.15) is 0 Å². The molecule has 0 heterocycles. The number of hydrogen-bond donors (Lipinski definition) is 2. The van der Waals surface area contributed by atoms with Crippen LogP contribution in [0.4, 0.5) is 0 Å². The summed E-state index contributed by atoms with van der Waals surface area (Å²) in [4.78, 5) is 11.7. The molecule has 0 saturated heterocycles. The number of carbonyl (C=O) groups excluding carboxylic acids is 1. The lowest BCUT2D eigenvalue weighted by Crippen LogP contribution is -2.37. The fourth-order valence-electron chi connectivity index (χ4n) is 2.29. The van der Waals surface area contributed by atoms with Gasteiger partial charge in [0.25, 0.3) is 0 Å². The van der Waals surface area contributed by atoms with E-state index in [1.165, 1.54) is 6.42 Å². The largest absolute Gasteiger partial charge is 0.353 e. The smallest absolute Gasteiger partial charge is 0.220 e. The molecule has 1 unspecified atom stereocenters. The molecule has 16 heavy (non-hydrogen) atoms. The summed E-state index contributed by atoms with van der Waals surface area (Å²) >= 11 is 0. The zero-order valence-electron chi connectivity index (χ0n) is 11.1. The average molecular weight is 226 g/mol. The van der Waals surface area contributed by atoms with Crippen LogP contribution in [0.3, 0.4) is 0 Å². The van der Waals surface area contributed by atoms with Gasteiger partial charge in [-0.1, -0.05) is 13.8 Å². The van der Waals surface area contributed by atoms with Crippen molar-refractivity contribution in [2.24, 2.45) is 11.1 Å². The lowest BCUT2D eigenvalue weighted by atomic mass is 9.92. The zero-order valence-corrected chi connectivity index (χ0v) is 11.1. The summed E-state index contributed by atoms with van der Waals surface area (Å²) in [6.45, 7) is 8.45. The van der Waals surface area contributed by atoms with Gasteiger partial charge in [0.2, 0.25) is 5.91 Å². The van der Waals surface area contributed by atoms with Crippen LogP contribution in [0.15, 0.2) is 0 Å². The van der Waals surface area contributed by atoms with Crippen LogP contribution < -0.4 is 11.1 Å². The van der Waals surface area contributed by atoms with Crippen LogP contribution in [0.5, 0.6) is 0 Å². The molecule has 1 rings (SSSR count). The van der Waals surface area contributed by atoms with E-state index in [1.807, 2.05) is 13.8 Å². The van der Waals surface area contributed by atoms with Gasteiger partial charge in [0.05, 0.1) is 0 Å². The summed E-state index contributed by atoms with van der Waals surface area (Å²) in [5, 5.41) is 3.11. The van der Waals surface area contributed by atoms with Crippen molar-refractivity contribution in [3.05, 3.63) is 0 Å². The molecule has 3 nitrogen and oxygen atoms in total. The van der Waals surface area contributed by atoms with E-state index in [0.29, 0.717) is 17.9 Å². The van der Waals surface area contributed by atoms with E-state index in [4.69, 9.17) is 5.73 Å². The Kier molecular flexibility index (Phi) is 4.00. The zero-order chi connectivity index (χ0) is 12.4. The Morgan fingerprint density at radius 2 is 2.12 bits per heavy atom. The van der Waals surface area contributed by atoms with Gasteiger partial charge < -0.3 is 11.1 Å². The first-order valence-electron chi connectivity index (χ1n) is 6.26. The first-order valence-corrected chi connectivity index (χ1v) is 6.26. The predicted molar refractivity (Wildman–Crippen MR) is 67.1 cm³/mol. The van der Waals surface area contributed by atoms with E-state index in [1.54, 1.807) is 0 Å². The first kappa shape index (κ1) is 13.5. The molecule has 3 N–H and O–H groups in total. The van der Waals surface area contributed by atoms with E-state index in [2.05, 4.69) is 19.2 Å². The fraction of sp³-hybridized carbons (Fsp3) is 0.923. The maximum absolute atomic E-state index is 11.7. The number of amides is 1. The number of carbonyl (C=O) groups is 1. The quantitative estimate of drug-likeness (QED) is 0.772. The Hall–Kier alpha value is -0.570. The molecule has 1 fully saturated rings. The average Bonchev–Trinajstić information content (AvgIpc) is 2.41. The fourth-order valence-corrected chi connectivity index (χ4v) is 2.29. The van der Waals surface area contributed by atoms with Gasteiger partial charge in [-0.05, 0) is 44.9 Å². The molecule has 0 spiro atoms. The lowest BCUT2D eigenvalue weighted by Gasteiger charge is -2.20. The lowest BCUT2D eigenvalue weighted by molar-refractivity contribution is -0.122. The van der Waals surface area contributed by atoms with Crippen molar-refractivity contribution in [2.45, 2.75) is 71.4 Å². The van der Waals surface area contributed by atoms with Crippen LogP contribution in [0.1, 0.15) is 59.8 Å². The number of hydrogen-bond acceptors (Lipinski definition) is 2. The van der Waals surface area contributed by atoms with E-state index in [9.17, 15) is 4.79 Å². The summed E-state index contributed by atoms with van der Waals surface area (Å²) in [7, 11) is 0. The van der Waals surface area contributed by atoms with Gasteiger partial charge in [0.15, 0.2) is 0 Å². The second kappa shape index (κ2) is 4.74. The van der Waals surface area contributed by atoms with E-state index in [0.717, 1.165) is 19.3 Å². The highest BCUT2D eigenvalue weighted by atomic mass is 16.1. The second-order valence-corrected chi connectivity index (χ2v) is 6.66. The van der Waals surface area contributed by atoms with Crippen molar-refractivity contribution in [1.29, 1.82) is 0 Å². The van der Waals surface area contributed by atoms with Crippen molar-refractivity contribution in [3.8, 4) is 0 Å². The van der Waals surface area contributed by atoms with Gasteiger partial charge in [-0.15, -0.1) is 0 Å². The van der Waals surface area contributed by atoms with Crippen LogP contribution in [-0.2, 0) is 4.79 Å². The Morgan fingerprint density at radius 3 is 2.56 bits per heavy atom. The van der Waals surface area contributed by atoms with Crippen LogP contribution in [-0.4, -0.2) is 17.5 Å². The van der Waals surface area contributed by atoms with Crippen molar-refractivity contribution in [1.82, 2.24) is 5.32 Å². The topological polar surface area (TPSA) is 55.1 Å². The Balaban J connectivity index is 2.26. The minimum absolute atomic E-state index is 0.154. The highest BCUT2D eigenvalue weighted by Crippen LogP contribution is 2.36. The Bertz CT molecular complexity index is 253. The number of rotatable bonds is 4. The van der Waals surface area contributed by atoms with Gasteiger partial charge >= 0.3 is 0 Å². The molecule has 0 radical (unpaired) electrons. The normalized spacial score (nSPS) is 24.4. The summed E-state index contributed by atoms with van der Waals surface area (Å²) in [6.07, 6.45) is 4.71. The molecular formula is C13H26N2O. The molecule has 1 saturated carbocycles. The maximum atomic E-state index is 11.7. The molecule has 1 aliphatic rings. The Labute approximate surface area is 99.2 Å². The van der Waals surface area contributed by atoms with Gasteiger partial charge in [-0.25, -0.2) is 0 Å². The molecule has 1 atom stereocenters. The molecule has 0 aromatic carbocycles. The molecule has 0 aromatic rings. The van der Waals surface area contributed by atoms with Crippen LogP contribution >= 0.6 is 0 Å². The molecule has 3 heteroatoms. The minimum Gasteiger partial charge on any atom is -0.353 e. The van der Waals surface area contributed by atoms with Gasteiger partial charge in [0, 0.05) is 18.0 Å². The van der Waals surface area contributed by atoms with Crippen LogP contribution in [0.2, 0.25) is 0 Å². The third-order valence-corrected chi connectivity index (χ3v) is 3.33. The second-order valence-electron chi connectivity index (χ2n) is 6.66. The maximum Gasteiger partial charge on any atom is 0.220 e. The summed E-state index contributed by atoms with van der Waals surface area (Å²) in [5.74, 6) is 0.154. The summed E-state index contributed by atoms with van der Waals surface area (Å²) in [6, 6.07) is 0.378. The van der Waals surface area contributed by atoms with Crippen molar-refractivity contribution in [2.75, 3.05) is 0 Å². The van der Waals surface area contributed by atoms with Crippen molar-refractivity contribution >= 4 is 5.91 Å². The molecular weight excluding hydrogens is 200 g/mol. The number of nitrogens with two attached hydrogens (primary N) is 1. The van der Waals surface area contributed by atoms with E-state index >= 15 is 0 Å². The minimum atomic E-state index is -0.244. The highest BCUT2D eigenvalue weighted by Gasteiger charge is 2.31. The molecule has 0 bridgehead atoms. The monoisotopic (exact) mass is 226 g/mol. The number of nitrogens with one attached hydrogen (secondary N) is 1. The van der Waals surface area contributed by atoms with Crippen molar-refractivity contribution < 1.29 is 4.79 Å². The molecule has 1 aliphatic carbocycles. The third-order valence-electron chi connectivity index (χ3n) is 3.33. The third kappa shape index (κ3) is 4.97. The van der Waals surface area contributed by atoms with Crippen LogP contribution in [0.25, 0.3) is 0 Å². The van der Waals surface area contributed by atoms with E-state index < -0.39 is 0 Å². The highest BCUT2D eigenvalue weighted by molar-refractivity contribution is 5.76. The summed E-state index contributed by atoms with van der Waals surface area (Å²) < 4.78 is 0.